The zero-order valence-corrected chi connectivity index (χ0v) is 12.2. The molecule has 1 aromatic rings. The maximum absolute atomic E-state index is 12.4. The van der Waals surface area contributed by atoms with Gasteiger partial charge in [-0.15, -0.1) is 0 Å². The van der Waals surface area contributed by atoms with Gasteiger partial charge in [0.25, 0.3) is 5.91 Å². The van der Waals surface area contributed by atoms with E-state index in [2.05, 4.69) is 11.9 Å². The van der Waals surface area contributed by atoms with Crippen molar-refractivity contribution in [2.45, 2.75) is 45.1 Å². The molecular weight excluding hydrogens is 250 g/mol. The standard InChI is InChI=1S/C17H23NO2/c1-13(2)12-20-16-11-7-6-10-15(16)17(19)18-14-8-4-3-5-9-14/h6-7,10-11,14H,1,3-5,8-9,12H2,2H3,(H,18,19). The van der Waals surface area contributed by atoms with Gasteiger partial charge in [-0.25, -0.2) is 0 Å². The lowest BCUT2D eigenvalue weighted by Crippen LogP contribution is -2.36. The third kappa shape index (κ3) is 4.12. The summed E-state index contributed by atoms with van der Waals surface area (Å²) < 4.78 is 5.65. The highest BCUT2D eigenvalue weighted by atomic mass is 16.5. The van der Waals surface area contributed by atoms with Crippen LogP contribution in [0.1, 0.15) is 49.4 Å². The molecule has 20 heavy (non-hydrogen) atoms. The largest absolute Gasteiger partial charge is 0.488 e. The number of carbonyl (C=O) groups excluding carboxylic acids is 1. The Morgan fingerprint density at radius 1 is 1.30 bits per heavy atom. The van der Waals surface area contributed by atoms with E-state index in [1.165, 1.54) is 19.3 Å². The number of carbonyl (C=O) groups is 1. The Balaban J connectivity index is 2.02. The highest BCUT2D eigenvalue weighted by molar-refractivity contribution is 5.97. The summed E-state index contributed by atoms with van der Waals surface area (Å²) in [4.78, 5) is 12.4. The number of benzene rings is 1. The molecule has 1 aliphatic rings. The Kier molecular flexibility index (Phi) is 5.22. The fourth-order valence-corrected chi connectivity index (χ4v) is 2.49. The Morgan fingerprint density at radius 3 is 2.70 bits per heavy atom. The van der Waals surface area contributed by atoms with Crippen LogP contribution in [0.25, 0.3) is 0 Å². The number of nitrogens with one attached hydrogen (secondary N) is 1. The van der Waals surface area contributed by atoms with E-state index in [1.807, 2.05) is 31.2 Å². The molecular formula is C17H23NO2. The first-order chi connectivity index (χ1) is 9.66. The molecule has 0 heterocycles. The van der Waals surface area contributed by atoms with E-state index in [1.54, 1.807) is 0 Å². The summed E-state index contributed by atoms with van der Waals surface area (Å²) in [6, 6.07) is 7.70. The number of para-hydroxylation sites is 1. The molecule has 1 aromatic carbocycles. The first-order valence-electron chi connectivity index (χ1n) is 7.34. The van der Waals surface area contributed by atoms with E-state index < -0.39 is 0 Å². The van der Waals surface area contributed by atoms with Crippen LogP contribution in [-0.2, 0) is 0 Å². The molecule has 1 amide bonds. The van der Waals surface area contributed by atoms with Gasteiger partial charge >= 0.3 is 0 Å². The molecule has 1 aliphatic carbocycles. The second-order valence-electron chi connectivity index (χ2n) is 5.55. The Morgan fingerprint density at radius 2 is 2.00 bits per heavy atom. The smallest absolute Gasteiger partial charge is 0.255 e. The number of ether oxygens (including phenoxy) is 1. The van der Waals surface area contributed by atoms with Crippen molar-refractivity contribution in [3.63, 3.8) is 0 Å². The number of rotatable bonds is 5. The van der Waals surface area contributed by atoms with E-state index in [-0.39, 0.29) is 5.91 Å². The van der Waals surface area contributed by atoms with Crippen molar-refractivity contribution in [3.8, 4) is 5.75 Å². The lowest BCUT2D eigenvalue weighted by atomic mass is 9.95. The quantitative estimate of drug-likeness (QED) is 0.831. The lowest BCUT2D eigenvalue weighted by molar-refractivity contribution is 0.0924. The van der Waals surface area contributed by atoms with Gasteiger partial charge in [0.1, 0.15) is 12.4 Å². The summed E-state index contributed by atoms with van der Waals surface area (Å²) in [5.74, 6) is 0.595. The van der Waals surface area contributed by atoms with Crippen LogP contribution < -0.4 is 10.1 Å². The fourth-order valence-electron chi connectivity index (χ4n) is 2.49. The van der Waals surface area contributed by atoms with Gasteiger partial charge < -0.3 is 10.1 Å². The molecule has 0 radical (unpaired) electrons. The topological polar surface area (TPSA) is 38.3 Å². The summed E-state index contributed by atoms with van der Waals surface area (Å²) in [6.07, 6.45) is 5.86. The zero-order valence-electron chi connectivity index (χ0n) is 12.2. The SMILES string of the molecule is C=C(C)COc1ccccc1C(=O)NC1CCCCC1. The van der Waals surface area contributed by atoms with Crippen LogP contribution in [0.4, 0.5) is 0 Å². The van der Waals surface area contributed by atoms with Crippen molar-refractivity contribution in [3.05, 3.63) is 42.0 Å². The maximum atomic E-state index is 12.4. The molecule has 0 spiro atoms. The van der Waals surface area contributed by atoms with E-state index in [4.69, 9.17) is 4.74 Å². The molecule has 0 unspecified atom stereocenters. The van der Waals surface area contributed by atoms with Gasteiger partial charge in [0.05, 0.1) is 5.56 Å². The van der Waals surface area contributed by atoms with Crippen molar-refractivity contribution < 1.29 is 9.53 Å². The van der Waals surface area contributed by atoms with E-state index >= 15 is 0 Å². The van der Waals surface area contributed by atoms with Gasteiger partial charge in [0, 0.05) is 6.04 Å². The summed E-state index contributed by atoms with van der Waals surface area (Å²) in [7, 11) is 0. The summed E-state index contributed by atoms with van der Waals surface area (Å²) >= 11 is 0. The van der Waals surface area contributed by atoms with E-state index in [9.17, 15) is 4.79 Å². The average molecular weight is 273 g/mol. The molecule has 0 aliphatic heterocycles. The monoisotopic (exact) mass is 273 g/mol. The number of hydrogen-bond donors (Lipinski definition) is 1. The highest BCUT2D eigenvalue weighted by Crippen LogP contribution is 2.21. The number of hydrogen-bond acceptors (Lipinski definition) is 2. The van der Waals surface area contributed by atoms with Crippen molar-refractivity contribution >= 4 is 5.91 Å². The van der Waals surface area contributed by atoms with Gasteiger partial charge in [0.15, 0.2) is 0 Å². The van der Waals surface area contributed by atoms with Crippen molar-refractivity contribution in [1.82, 2.24) is 5.32 Å². The first-order valence-corrected chi connectivity index (χ1v) is 7.34. The molecule has 2 rings (SSSR count). The summed E-state index contributed by atoms with van der Waals surface area (Å²) in [6.45, 7) is 6.16. The molecule has 1 fully saturated rings. The molecule has 0 saturated heterocycles. The molecule has 108 valence electrons. The minimum absolute atomic E-state index is 0.0331. The van der Waals surface area contributed by atoms with Gasteiger partial charge in [-0.1, -0.05) is 38.0 Å². The van der Waals surface area contributed by atoms with Gasteiger partial charge in [-0.2, -0.15) is 0 Å². The maximum Gasteiger partial charge on any atom is 0.255 e. The number of amides is 1. The molecule has 1 N–H and O–H groups in total. The van der Waals surface area contributed by atoms with E-state index in [0.29, 0.717) is 24.0 Å². The van der Waals surface area contributed by atoms with E-state index in [0.717, 1.165) is 18.4 Å². The van der Waals surface area contributed by atoms with Gasteiger partial charge in [0.2, 0.25) is 0 Å². The fraction of sp³-hybridized carbons (Fsp3) is 0.471. The Hall–Kier alpha value is -1.77. The zero-order chi connectivity index (χ0) is 14.4. The minimum Gasteiger partial charge on any atom is -0.488 e. The molecule has 1 saturated carbocycles. The predicted octanol–water partition coefficient (Wildman–Crippen LogP) is 3.70. The Bertz CT molecular complexity index is 476. The van der Waals surface area contributed by atoms with Crippen LogP contribution in [0.15, 0.2) is 36.4 Å². The summed E-state index contributed by atoms with van der Waals surface area (Å²) in [5, 5.41) is 3.12. The predicted molar refractivity (Wildman–Crippen MR) is 81.1 cm³/mol. The normalized spacial score (nSPS) is 15.7. The van der Waals surface area contributed by atoms with Gasteiger partial charge in [-0.3, -0.25) is 4.79 Å². The second kappa shape index (κ2) is 7.13. The van der Waals surface area contributed by atoms with Crippen molar-refractivity contribution in [2.24, 2.45) is 0 Å². The van der Waals surface area contributed by atoms with Crippen molar-refractivity contribution in [2.75, 3.05) is 6.61 Å². The van der Waals surface area contributed by atoms with Crippen LogP contribution in [0.2, 0.25) is 0 Å². The first kappa shape index (κ1) is 14.6. The highest BCUT2D eigenvalue weighted by Gasteiger charge is 2.18. The third-order valence-electron chi connectivity index (χ3n) is 3.55. The molecule has 0 atom stereocenters. The van der Waals surface area contributed by atoms with Crippen LogP contribution >= 0.6 is 0 Å². The molecule has 0 bridgehead atoms. The summed E-state index contributed by atoms with van der Waals surface area (Å²) in [5.41, 5.74) is 1.55. The van der Waals surface area contributed by atoms with Crippen LogP contribution in [0, 0.1) is 0 Å². The average Bonchev–Trinajstić information content (AvgIpc) is 2.46. The second-order valence-corrected chi connectivity index (χ2v) is 5.55. The van der Waals surface area contributed by atoms with Crippen LogP contribution in [0.3, 0.4) is 0 Å². The third-order valence-corrected chi connectivity index (χ3v) is 3.55. The van der Waals surface area contributed by atoms with Crippen LogP contribution in [-0.4, -0.2) is 18.6 Å². The molecule has 3 heteroatoms. The Labute approximate surface area is 121 Å². The van der Waals surface area contributed by atoms with Crippen LogP contribution in [0.5, 0.6) is 5.75 Å². The molecule has 0 aromatic heterocycles. The minimum atomic E-state index is -0.0331. The van der Waals surface area contributed by atoms with Gasteiger partial charge in [-0.05, 0) is 37.5 Å². The lowest BCUT2D eigenvalue weighted by Gasteiger charge is -2.23. The van der Waals surface area contributed by atoms with Crippen molar-refractivity contribution in [1.29, 1.82) is 0 Å². The molecule has 3 nitrogen and oxygen atoms in total.